The van der Waals surface area contributed by atoms with Gasteiger partial charge in [0.15, 0.2) is 0 Å². The normalized spacial score (nSPS) is 19.0. The van der Waals surface area contributed by atoms with Crippen molar-refractivity contribution < 1.29 is 23.1 Å². The summed E-state index contributed by atoms with van der Waals surface area (Å²) in [5.74, 6) is -0.595. The predicted octanol–water partition coefficient (Wildman–Crippen LogP) is 6.18. The maximum atomic E-state index is 12.9. The zero-order valence-electron chi connectivity index (χ0n) is 16.4. The van der Waals surface area contributed by atoms with Crippen LogP contribution in [-0.4, -0.2) is 17.6 Å². The van der Waals surface area contributed by atoms with Crippen LogP contribution in [0.15, 0.2) is 60.2 Å². The Hall–Kier alpha value is -2.76. The van der Waals surface area contributed by atoms with Crippen LogP contribution < -0.4 is 4.90 Å². The summed E-state index contributed by atoms with van der Waals surface area (Å²) >= 11 is 0. The lowest BCUT2D eigenvalue weighted by atomic mass is 9.90. The van der Waals surface area contributed by atoms with Crippen molar-refractivity contribution in [3.8, 4) is 0 Å². The molecule has 1 N–H and O–H groups in total. The lowest BCUT2D eigenvalue weighted by Crippen LogP contribution is -2.34. The van der Waals surface area contributed by atoms with Crippen molar-refractivity contribution >= 4 is 11.7 Å². The van der Waals surface area contributed by atoms with Gasteiger partial charge < -0.3 is 10.0 Å². The summed E-state index contributed by atoms with van der Waals surface area (Å²) in [7, 11) is 0. The average Bonchev–Trinajstić information content (AvgIpc) is 2.67. The maximum absolute atomic E-state index is 12.9. The van der Waals surface area contributed by atoms with Crippen molar-refractivity contribution in [3.63, 3.8) is 0 Å². The van der Waals surface area contributed by atoms with Gasteiger partial charge in [-0.1, -0.05) is 43.7 Å². The summed E-state index contributed by atoms with van der Waals surface area (Å²) < 4.78 is 38.8. The molecule has 1 atom stereocenters. The Morgan fingerprint density at radius 2 is 1.72 bits per heavy atom. The number of alkyl halides is 3. The molecule has 3 nitrogen and oxygen atoms in total. The molecule has 154 valence electrons. The van der Waals surface area contributed by atoms with Crippen LogP contribution in [0.4, 0.5) is 18.9 Å². The van der Waals surface area contributed by atoms with E-state index in [1.54, 1.807) is 0 Å². The first-order valence-corrected chi connectivity index (χ1v) is 9.61. The third kappa shape index (κ3) is 5.00. The fraction of sp³-hybridized carbons (Fsp3) is 0.348. The molecule has 2 aromatic carbocycles. The lowest BCUT2D eigenvalue weighted by molar-refractivity contribution is -0.137. The van der Waals surface area contributed by atoms with Crippen molar-refractivity contribution in [2.24, 2.45) is 0 Å². The Morgan fingerprint density at radius 3 is 2.24 bits per heavy atom. The van der Waals surface area contributed by atoms with Crippen molar-refractivity contribution in [3.05, 3.63) is 76.9 Å². The van der Waals surface area contributed by atoms with E-state index in [2.05, 4.69) is 30.9 Å². The Labute approximate surface area is 168 Å². The van der Waals surface area contributed by atoms with E-state index >= 15 is 0 Å². The number of carboxylic acids is 1. The Kier molecular flexibility index (Phi) is 6.01. The summed E-state index contributed by atoms with van der Waals surface area (Å²) in [6.45, 7) is 4.83. The summed E-state index contributed by atoms with van der Waals surface area (Å²) in [5.41, 5.74) is 3.03. The quantitative estimate of drug-likeness (QED) is 0.620. The zero-order chi connectivity index (χ0) is 21.2. The van der Waals surface area contributed by atoms with Crippen LogP contribution >= 0.6 is 0 Å². The summed E-state index contributed by atoms with van der Waals surface area (Å²) in [5, 5.41) is 9.10. The number of aliphatic carboxylic acids is 1. The molecule has 1 saturated heterocycles. The molecule has 1 aliphatic heterocycles. The topological polar surface area (TPSA) is 40.5 Å². The number of halogens is 3. The number of rotatable bonds is 4. The number of carboxylic acid groups (broad SMARTS) is 1. The molecule has 0 aliphatic carbocycles. The Morgan fingerprint density at radius 1 is 1.10 bits per heavy atom. The van der Waals surface area contributed by atoms with E-state index in [-0.39, 0.29) is 6.04 Å². The number of nitrogens with zero attached hydrogens (tertiary/aromatic N) is 1. The molecule has 0 radical (unpaired) electrons. The van der Waals surface area contributed by atoms with Gasteiger partial charge in [-0.05, 0) is 54.2 Å². The van der Waals surface area contributed by atoms with Gasteiger partial charge in [0.05, 0.1) is 11.6 Å². The first-order chi connectivity index (χ1) is 13.6. The highest BCUT2D eigenvalue weighted by molar-refractivity contribution is 5.80. The van der Waals surface area contributed by atoms with Gasteiger partial charge in [-0.25, -0.2) is 4.79 Å². The molecular weight excluding hydrogens is 379 g/mol. The van der Waals surface area contributed by atoms with Crippen LogP contribution in [-0.2, 0) is 11.0 Å². The first kappa shape index (κ1) is 21.0. The van der Waals surface area contributed by atoms with Gasteiger partial charge in [0.25, 0.3) is 0 Å². The second-order valence-electron chi connectivity index (χ2n) is 7.67. The summed E-state index contributed by atoms with van der Waals surface area (Å²) in [4.78, 5) is 13.2. The molecule has 29 heavy (non-hydrogen) atoms. The number of benzene rings is 2. The molecule has 1 unspecified atom stereocenters. The first-order valence-electron chi connectivity index (χ1n) is 9.61. The molecule has 0 amide bonds. The van der Waals surface area contributed by atoms with Gasteiger partial charge in [-0.3, -0.25) is 0 Å². The maximum Gasteiger partial charge on any atom is 0.416 e. The third-order valence-electron chi connectivity index (χ3n) is 5.35. The van der Waals surface area contributed by atoms with Gasteiger partial charge in [0.2, 0.25) is 0 Å². The van der Waals surface area contributed by atoms with Crippen LogP contribution in [0.5, 0.6) is 0 Å². The molecule has 0 bridgehead atoms. The smallest absolute Gasteiger partial charge is 0.416 e. The zero-order valence-corrected chi connectivity index (χ0v) is 16.4. The monoisotopic (exact) mass is 403 g/mol. The van der Waals surface area contributed by atoms with E-state index in [0.717, 1.165) is 29.0 Å². The van der Waals surface area contributed by atoms with Crippen molar-refractivity contribution in [1.29, 1.82) is 0 Å². The molecule has 1 aliphatic rings. The highest BCUT2D eigenvalue weighted by Crippen LogP contribution is 2.39. The Balaban J connectivity index is 1.95. The van der Waals surface area contributed by atoms with Crippen molar-refractivity contribution in [1.82, 2.24) is 0 Å². The molecule has 3 rings (SSSR count). The van der Waals surface area contributed by atoms with Crippen LogP contribution in [0.3, 0.4) is 0 Å². The van der Waals surface area contributed by atoms with Crippen molar-refractivity contribution in [2.45, 2.75) is 44.8 Å². The minimum absolute atomic E-state index is 0.221. The van der Waals surface area contributed by atoms with E-state index in [9.17, 15) is 18.0 Å². The van der Waals surface area contributed by atoms with Gasteiger partial charge in [0.1, 0.15) is 0 Å². The molecule has 1 heterocycles. The van der Waals surface area contributed by atoms with Crippen LogP contribution in [0, 0.1) is 0 Å². The number of hydrogen-bond donors (Lipinski definition) is 1. The average molecular weight is 403 g/mol. The summed E-state index contributed by atoms with van der Waals surface area (Å²) in [6.07, 6.45) is -2.10. The molecular formula is C23H24F3NO2. The molecule has 2 aromatic rings. The largest absolute Gasteiger partial charge is 0.478 e. The van der Waals surface area contributed by atoms with Crippen LogP contribution in [0.25, 0.3) is 0 Å². The second-order valence-corrected chi connectivity index (χ2v) is 7.67. The van der Waals surface area contributed by atoms with E-state index in [1.807, 2.05) is 12.1 Å². The minimum Gasteiger partial charge on any atom is -0.478 e. The van der Waals surface area contributed by atoms with E-state index < -0.39 is 17.7 Å². The molecule has 0 spiro atoms. The fourth-order valence-corrected chi connectivity index (χ4v) is 3.74. The van der Waals surface area contributed by atoms with Gasteiger partial charge in [-0.2, -0.15) is 13.2 Å². The number of carbonyl (C=O) groups is 1. The van der Waals surface area contributed by atoms with Gasteiger partial charge >= 0.3 is 12.1 Å². The number of hydrogen-bond acceptors (Lipinski definition) is 2. The molecule has 0 aromatic heterocycles. The highest BCUT2D eigenvalue weighted by atomic mass is 19.4. The highest BCUT2D eigenvalue weighted by Gasteiger charge is 2.32. The minimum atomic E-state index is -4.38. The fourth-order valence-electron chi connectivity index (χ4n) is 3.74. The van der Waals surface area contributed by atoms with Gasteiger partial charge in [0, 0.05) is 18.3 Å². The Bertz CT molecular complexity index is 884. The summed E-state index contributed by atoms with van der Waals surface area (Å²) in [6, 6.07) is 13.1. The number of anilines is 1. The molecule has 1 fully saturated rings. The van der Waals surface area contributed by atoms with E-state index in [4.69, 9.17) is 5.11 Å². The predicted molar refractivity (Wildman–Crippen MR) is 107 cm³/mol. The van der Waals surface area contributed by atoms with E-state index in [0.29, 0.717) is 25.3 Å². The molecule has 6 heteroatoms. The second kappa shape index (κ2) is 8.31. The van der Waals surface area contributed by atoms with Gasteiger partial charge in [-0.15, -0.1) is 0 Å². The van der Waals surface area contributed by atoms with Crippen LogP contribution in [0.2, 0.25) is 0 Å². The third-order valence-corrected chi connectivity index (χ3v) is 5.35. The molecule has 0 saturated carbocycles. The van der Waals surface area contributed by atoms with Crippen LogP contribution in [0.1, 0.15) is 55.3 Å². The van der Waals surface area contributed by atoms with Crippen molar-refractivity contribution in [2.75, 3.05) is 11.4 Å². The van der Waals surface area contributed by atoms with E-state index in [1.165, 1.54) is 23.8 Å². The number of piperidine rings is 1. The standard InChI is InChI=1S/C23H24F3NO2/c1-15(2)17-5-9-20(10-6-17)27-12-11-16(14-22(28)29)13-21(27)18-3-7-19(8-4-18)23(24,25)26/h3-10,14-15,21H,11-13H2,1-2H3,(H,28,29). The lowest BCUT2D eigenvalue weighted by Gasteiger charge is -2.39. The SMILES string of the molecule is CC(C)c1ccc(N2CCC(=CC(=O)O)CC2c2ccc(C(F)(F)F)cc2)cc1.